The number of H-pyrrole nitrogens is 1. The molecular formula is C10H14FN2O6P. The number of nitrogens with one attached hydrogen (secondary N) is 1. The zero-order chi connectivity index (χ0) is 14.9. The molecular weight excluding hydrogens is 294 g/mol. The Morgan fingerprint density at radius 3 is 3.00 bits per heavy atom. The van der Waals surface area contributed by atoms with Crippen molar-refractivity contribution >= 4 is 8.03 Å². The Bertz CT molecular complexity index is 629. The number of rotatable bonds is 4. The first-order valence-electron chi connectivity index (χ1n) is 5.86. The molecule has 20 heavy (non-hydrogen) atoms. The van der Waals surface area contributed by atoms with Gasteiger partial charge in [0.1, 0.15) is 12.3 Å². The number of nitrogens with zero attached hydrogens (tertiary/aromatic N) is 1. The molecule has 10 heteroatoms. The lowest BCUT2D eigenvalue weighted by molar-refractivity contribution is -0.0400. The van der Waals surface area contributed by atoms with Gasteiger partial charge < -0.3 is 14.4 Å². The Morgan fingerprint density at radius 2 is 2.35 bits per heavy atom. The maximum atomic E-state index is 13.2. The molecule has 0 aromatic carbocycles. The summed E-state index contributed by atoms with van der Waals surface area (Å²) < 4.78 is 35.2. The van der Waals surface area contributed by atoms with E-state index in [0.29, 0.717) is 0 Å². The molecule has 112 valence electrons. The zero-order valence-electron chi connectivity index (χ0n) is 10.5. The Labute approximate surface area is 113 Å². The van der Waals surface area contributed by atoms with Crippen LogP contribution < -0.4 is 11.2 Å². The Kier molecular flexibility index (Phi) is 4.54. The molecule has 0 spiro atoms. The van der Waals surface area contributed by atoms with Crippen molar-refractivity contribution in [3.8, 4) is 0 Å². The number of hydrogen-bond donors (Lipinski definition) is 2. The average Bonchev–Trinajstić information content (AvgIpc) is 2.72. The second kappa shape index (κ2) is 6.01. The number of hydrogen-bond acceptors (Lipinski definition) is 6. The van der Waals surface area contributed by atoms with Crippen LogP contribution in [0.5, 0.6) is 0 Å². The first kappa shape index (κ1) is 15.1. The molecule has 0 amide bonds. The van der Waals surface area contributed by atoms with Gasteiger partial charge in [-0.15, -0.1) is 0 Å². The summed E-state index contributed by atoms with van der Waals surface area (Å²) in [5.74, 6) is -1.12. The largest absolute Gasteiger partial charge is 0.390 e. The quantitative estimate of drug-likeness (QED) is 0.722. The summed E-state index contributed by atoms with van der Waals surface area (Å²) in [6, 6.07) is 0. The molecule has 1 fully saturated rings. The van der Waals surface area contributed by atoms with Crippen molar-refractivity contribution in [2.24, 2.45) is 0 Å². The maximum Gasteiger partial charge on any atom is 0.330 e. The molecule has 1 saturated heterocycles. The predicted molar refractivity (Wildman–Crippen MR) is 66.7 cm³/mol. The smallest absolute Gasteiger partial charge is 0.330 e. The monoisotopic (exact) mass is 308 g/mol. The van der Waals surface area contributed by atoms with Gasteiger partial charge in [0.2, 0.25) is 5.82 Å². The lowest BCUT2D eigenvalue weighted by Gasteiger charge is -2.15. The van der Waals surface area contributed by atoms with E-state index in [-0.39, 0.29) is 13.0 Å². The summed E-state index contributed by atoms with van der Waals surface area (Å²) in [4.78, 5) is 24.3. The van der Waals surface area contributed by atoms with E-state index in [1.54, 1.807) is 4.98 Å². The second-order valence-corrected chi connectivity index (χ2v) is 5.65. The maximum absolute atomic E-state index is 13.2. The van der Waals surface area contributed by atoms with Crippen molar-refractivity contribution in [1.29, 1.82) is 0 Å². The molecule has 0 bridgehead atoms. The summed E-state index contributed by atoms with van der Waals surface area (Å²) in [5, 5.41) is 9.77. The standard InChI is InChI=1S/C10H14FN2O6P/c1-20(17)18-4-7-6(14)2-8(19-7)13-3-5(11)9(15)12-10(13)16/h3,6-8,14,20H,2,4H2,1H3,(H,12,15,16)/t6-,7?,8-/m1/s1. The summed E-state index contributed by atoms with van der Waals surface area (Å²) in [6.07, 6.45) is -1.87. The number of halogens is 1. The average molecular weight is 308 g/mol. The van der Waals surface area contributed by atoms with Gasteiger partial charge in [0.25, 0.3) is 5.56 Å². The predicted octanol–water partition coefficient (Wildman–Crippen LogP) is -0.555. The minimum Gasteiger partial charge on any atom is -0.390 e. The summed E-state index contributed by atoms with van der Waals surface area (Å²) in [6.45, 7) is 1.30. The molecule has 1 aliphatic rings. The van der Waals surface area contributed by atoms with Crippen LogP contribution in [-0.4, -0.2) is 40.1 Å². The van der Waals surface area contributed by atoms with Gasteiger partial charge in [0.15, 0.2) is 8.03 Å². The van der Waals surface area contributed by atoms with Crippen molar-refractivity contribution in [1.82, 2.24) is 9.55 Å². The van der Waals surface area contributed by atoms with Crippen molar-refractivity contribution in [2.45, 2.75) is 24.9 Å². The fourth-order valence-electron chi connectivity index (χ4n) is 1.91. The van der Waals surface area contributed by atoms with Gasteiger partial charge in [-0.3, -0.25) is 18.9 Å². The van der Waals surface area contributed by atoms with Crippen LogP contribution in [0.25, 0.3) is 0 Å². The number of aromatic amines is 1. The molecule has 4 atom stereocenters. The van der Waals surface area contributed by atoms with E-state index in [1.807, 2.05) is 0 Å². The van der Waals surface area contributed by atoms with E-state index in [2.05, 4.69) is 0 Å². The molecule has 1 aromatic heterocycles. The van der Waals surface area contributed by atoms with E-state index in [1.165, 1.54) is 6.66 Å². The van der Waals surface area contributed by atoms with Gasteiger partial charge >= 0.3 is 5.69 Å². The Balaban J connectivity index is 2.16. The molecule has 2 N–H and O–H groups in total. The molecule has 2 unspecified atom stereocenters. The molecule has 2 heterocycles. The van der Waals surface area contributed by atoms with Gasteiger partial charge in [-0.1, -0.05) is 0 Å². The van der Waals surface area contributed by atoms with Crippen molar-refractivity contribution in [2.75, 3.05) is 13.3 Å². The van der Waals surface area contributed by atoms with E-state index in [4.69, 9.17) is 9.26 Å². The van der Waals surface area contributed by atoms with Crippen LogP contribution in [0, 0.1) is 5.82 Å². The number of aliphatic hydroxyl groups excluding tert-OH is 1. The van der Waals surface area contributed by atoms with Crippen molar-refractivity contribution < 1.29 is 23.3 Å². The third kappa shape index (κ3) is 3.24. The molecule has 8 nitrogen and oxygen atoms in total. The fraction of sp³-hybridized carbons (Fsp3) is 0.600. The molecule has 0 radical (unpaired) electrons. The second-order valence-electron chi connectivity index (χ2n) is 4.38. The van der Waals surface area contributed by atoms with Crippen LogP contribution in [0.2, 0.25) is 0 Å². The van der Waals surface area contributed by atoms with Crippen LogP contribution in [0.15, 0.2) is 15.8 Å². The summed E-state index contributed by atoms with van der Waals surface area (Å²) in [7, 11) is -2.16. The van der Waals surface area contributed by atoms with Crippen LogP contribution in [0.1, 0.15) is 12.6 Å². The number of aliphatic hydroxyl groups is 1. The third-order valence-electron chi connectivity index (χ3n) is 2.89. The summed E-state index contributed by atoms with van der Waals surface area (Å²) >= 11 is 0. The van der Waals surface area contributed by atoms with Crippen LogP contribution in [-0.2, 0) is 13.8 Å². The third-order valence-corrected chi connectivity index (χ3v) is 3.46. The minimum atomic E-state index is -2.16. The van der Waals surface area contributed by atoms with Crippen molar-refractivity contribution in [3.05, 3.63) is 32.9 Å². The molecule has 1 aromatic rings. The first-order valence-corrected chi connectivity index (χ1v) is 7.68. The van der Waals surface area contributed by atoms with Gasteiger partial charge in [-0.05, 0) is 0 Å². The molecule has 1 aliphatic heterocycles. The number of aromatic nitrogens is 2. The van der Waals surface area contributed by atoms with E-state index in [0.717, 1.165) is 10.8 Å². The normalized spacial score (nSPS) is 27.6. The summed E-state index contributed by atoms with van der Waals surface area (Å²) in [5.41, 5.74) is -1.95. The minimum absolute atomic E-state index is 0.0318. The van der Waals surface area contributed by atoms with Gasteiger partial charge in [-0.25, -0.2) is 4.79 Å². The Hall–Kier alpha value is -1.28. The topological polar surface area (TPSA) is 111 Å². The van der Waals surface area contributed by atoms with E-state index >= 15 is 0 Å². The highest BCUT2D eigenvalue weighted by Gasteiger charge is 2.36. The van der Waals surface area contributed by atoms with Crippen LogP contribution in [0.4, 0.5) is 4.39 Å². The zero-order valence-corrected chi connectivity index (χ0v) is 11.5. The first-order chi connectivity index (χ1) is 9.38. The fourth-order valence-corrected chi connectivity index (χ4v) is 2.31. The van der Waals surface area contributed by atoms with Crippen LogP contribution in [0.3, 0.4) is 0 Å². The van der Waals surface area contributed by atoms with E-state index in [9.17, 15) is 23.7 Å². The van der Waals surface area contributed by atoms with Gasteiger partial charge in [0, 0.05) is 13.1 Å². The highest BCUT2D eigenvalue weighted by atomic mass is 31.1. The van der Waals surface area contributed by atoms with Crippen LogP contribution >= 0.6 is 8.03 Å². The molecule has 0 aliphatic carbocycles. The van der Waals surface area contributed by atoms with Gasteiger partial charge in [-0.2, -0.15) is 4.39 Å². The van der Waals surface area contributed by atoms with E-state index < -0.39 is 43.5 Å². The molecule has 2 rings (SSSR count). The highest BCUT2D eigenvalue weighted by molar-refractivity contribution is 7.38. The SMILES string of the molecule is C[PH](=O)OCC1O[C@@H](n2cc(F)c(=O)[nH]c2=O)C[C@H]1O. The van der Waals surface area contributed by atoms with Crippen molar-refractivity contribution in [3.63, 3.8) is 0 Å². The molecule has 0 saturated carbocycles. The number of ether oxygens (including phenoxy) is 1. The van der Waals surface area contributed by atoms with Gasteiger partial charge in [0.05, 0.1) is 18.9 Å². The lowest BCUT2D eigenvalue weighted by atomic mass is 10.2. The lowest BCUT2D eigenvalue weighted by Crippen LogP contribution is -2.34. The highest BCUT2D eigenvalue weighted by Crippen LogP contribution is 2.29. The Morgan fingerprint density at radius 1 is 1.65 bits per heavy atom.